The molecule has 0 spiro atoms. The maximum atomic E-state index is 14.6. The number of hydrogen-bond donors (Lipinski definition) is 15. The van der Waals surface area contributed by atoms with Gasteiger partial charge in [0.25, 0.3) is 10.4 Å². The van der Waals surface area contributed by atoms with E-state index in [-0.39, 0.29) is 29.6 Å². The Hall–Kier alpha value is -6.07. The Balaban J connectivity index is 0.0000151. The predicted molar refractivity (Wildman–Crippen MR) is 285 cm³/mol. The third-order valence-corrected chi connectivity index (χ3v) is 14.5. The van der Waals surface area contributed by atoms with Gasteiger partial charge in [-0.2, -0.15) is 0 Å². The first-order chi connectivity index (χ1) is 39.0. The number of benzene rings is 2. The molecular weight excluding hydrogens is 1140 g/mol. The molecule has 5 rings (SSSR count). The van der Waals surface area contributed by atoms with E-state index in [0.29, 0.717) is 39.9 Å². The van der Waals surface area contributed by atoms with Gasteiger partial charge in [0.1, 0.15) is 60.3 Å². The van der Waals surface area contributed by atoms with Crippen molar-refractivity contribution in [3.63, 3.8) is 0 Å². The first-order valence-electron chi connectivity index (χ1n) is 26.8. The van der Waals surface area contributed by atoms with Gasteiger partial charge in [-0.1, -0.05) is 64.2 Å². The van der Waals surface area contributed by atoms with Crippen molar-refractivity contribution >= 4 is 63.7 Å². The van der Waals surface area contributed by atoms with Crippen molar-refractivity contribution in [1.29, 1.82) is 0 Å². The largest absolute Gasteiger partial charge is 1.00 e. The minimum absolute atomic E-state index is 0. The number of hydrogen-bond acceptors (Lipinski definition) is 22. The van der Waals surface area contributed by atoms with Gasteiger partial charge in [0, 0.05) is 37.9 Å². The van der Waals surface area contributed by atoms with Crippen molar-refractivity contribution in [3.8, 4) is 17.2 Å². The number of primary amides is 1. The average molecular weight is 1220 g/mol. The van der Waals surface area contributed by atoms with Crippen molar-refractivity contribution in [2.24, 2.45) is 11.7 Å². The summed E-state index contributed by atoms with van der Waals surface area (Å²) in [6.45, 7) is 3.73. The molecule has 3 aliphatic heterocycles. The second kappa shape index (κ2) is 31.9. The summed E-state index contributed by atoms with van der Waals surface area (Å²) < 4.78 is 44.3. The van der Waals surface area contributed by atoms with Gasteiger partial charge in [-0.25, -0.2) is 8.42 Å². The van der Waals surface area contributed by atoms with Crippen LogP contribution in [-0.4, -0.2) is 215 Å². The van der Waals surface area contributed by atoms with E-state index >= 15 is 0 Å². The molecular formula is C52H73N8NaO22S. The Morgan fingerprint density at radius 1 is 0.810 bits per heavy atom. The molecule has 16 N–H and O–H groups in total. The number of fused-ring (bicyclic) bond motifs is 2. The summed E-state index contributed by atoms with van der Waals surface area (Å²) >= 11 is 0. The monoisotopic (exact) mass is 1220 g/mol. The first kappa shape index (κ1) is 70.4. The quantitative estimate of drug-likeness (QED) is 0.0192. The van der Waals surface area contributed by atoms with Crippen LogP contribution in [-0.2, 0) is 48.8 Å². The van der Waals surface area contributed by atoms with Gasteiger partial charge in [-0.15, -0.1) is 0 Å². The zero-order chi connectivity index (χ0) is 61.6. The zero-order valence-corrected chi connectivity index (χ0v) is 49.4. The molecule has 0 radical (unpaired) electrons. The number of aliphatic hydroxyl groups excluding tert-OH is 8. The van der Waals surface area contributed by atoms with Gasteiger partial charge in [-0.3, -0.25) is 38.4 Å². The van der Waals surface area contributed by atoms with E-state index in [1.807, 2.05) is 10.6 Å². The van der Waals surface area contributed by atoms with Crippen molar-refractivity contribution in [2.75, 3.05) is 19.7 Å². The number of nitrogens with one attached hydrogen (secondary N) is 5. The molecule has 84 heavy (non-hydrogen) atoms. The number of unbranched alkanes of at least 4 members (excludes halogenated alkanes) is 5. The van der Waals surface area contributed by atoms with E-state index in [4.69, 9.17) is 10.5 Å². The maximum absolute atomic E-state index is 14.6. The fourth-order valence-electron chi connectivity index (χ4n) is 9.64. The maximum Gasteiger partial charge on any atom is 1.00 e. The van der Waals surface area contributed by atoms with Crippen molar-refractivity contribution in [2.45, 2.75) is 164 Å². The van der Waals surface area contributed by atoms with Gasteiger partial charge in [0.2, 0.25) is 47.3 Å². The zero-order valence-electron chi connectivity index (χ0n) is 46.6. The van der Waals surface area contributed by atoms with Crippen LogP contribution in [0.2, 0.25) is 0 Å². The molecule has 2 aromatic carbocycles. The summed E-state index contributed by atoms with van der Waals surface area (Å²) in [5, 5.41) is 111. The molecule has 460 valence electrons. The summed E-state index contributed by atoms with van der Waals surface area (Å²) in [7, 11) is -5.59. The van der Waals surface area contributed by atoms with Crippen LogP contribution < -0.4 is 70.8 Å². The second-order valence-corrected chi connectivity index (χ2v) is 21.7. The van der Waals surface area contributed by atoms with Crippen LogP contribution in [0.5, 0.6) is 17.2 Å². The molecule has 0 saturated carbocycles. The summed E-state index contributed by atoms with van der Waals surface area (Å²) in [6.07, 6.45) is -11.4. The SMILES string of the molecule is CCCCCCCCOc1ccc(/C=C/C(=O)N[C@@H]2C[C@@H](O)[C@@H](O)NC(=O)[C@@H]3[C@@H](O)[C@@H](C)CN3C(=O)[C@H]([C@H](O)CC(N)=O)NC(=O)[C@H]([C@H](O)[C@@H](O)c3ccc(O)c(OS(=O)(=O)[O-])c3)NC(=O)[C@@H]3C[C@@H](O)CN3C(=O)C([C@@H](C)O)NC2=O)cc1.[Na+]. The number of aromatic hydroxyl groups is 1. The average Bonchev–Trinajstić information content (AvgIpc) is 3.10. The minimum atomic E-state index is -5.59. The van der Waals surface area contributed by atoms with Crippen LogP contribution in [0.15, 0.2) is 48.5 Å². The number of carbonyl (C=O) groups excluding carboxylic acids is 8. The fraction of sp³-hybridized carbons (Fsp3) is 0.577. The van der Waals surface area contributed by atoms with Gasteiger partial charge < -0.3 is 102 Å². The van der Waals surface area contributed by atoms with Gasteiger partial charge in [-0.05, 0) is 54.8 Å². The van der Waals surface area contributed by atoms with E-state index in [9.17, 15) is 97.3 Å². The predicted octanol–water partition coefficient (Wildman–Crippen LogP) is -7.99. The van der Waals surface area contributed by atoms with Gasteiger partial charge in [0.05, 0.1) is 37.4 Å². The summed E-state index contributed by atoms with van der Waals surface area (Å²) in [6, 6.07) is -4.32. The number of aliphatic hydroxyl groups is 8. The summed E-state index contributed by atoms with van der Waals surface area (Å²) in [4.78, 5) is 113. The number of phenols is 1. The molecule has 32 heteroatoms. The van der Waals surface area contributed by atoms with Crippen molar-refractivity contribution in [1.82, 2.24) is 36.4 Å². The molecule has 3 heterocycles. The molecule has 8 amide bonds. The number of phenolic OH excluding ortho intramolecular Hbond substituents is 1. The molecule has 1 unspecified atom stereocenters. The Labute approximate surface area is 505 Å². The number of nitrogens with zero attached hydrogens (tertiary/aromatic N) is 2. The number of nitrogens with two attached hydrogens (primary N) is 1. The van der Waals surface area contributed by atoms with E-state index < -0.39 is 198 Å². The van der Waals surface area contributed by atoms with Crippen molar-refractivity contribution < 1.29 is 136 Å². The van der Waals surface area contributed by atoms with Crippen molar-refractivity contribution in [3.05, 3.63) is 59.7 Å². The molecule has 15 atom stereocenters. The van der Waals surface area contributed by atoms with Crippen LogP contribution >= 0.6 is 0 Å². The van der Waals surface area contributed by atoms with Crippen LogP contribution in [0.3, 0.4) is 0 Å². The fourth-order valence-corrected chi connectivity index (χ4v) is 9.99. The molecule has 2 aromatic rings. The smallest absolute Gasteiger partial charge is 0.716 e. The normalized spacial score (nSPS) is 27.3. The second-order valence-electron chi connectivity index (χ2n) is 20.7. The van der Waals surface area contributed by atoms with E-state index in [0.717, 1.165) is 57.6 Å². The summed E-state index contributed by atoms with van der Waals surface area (Å²) in [5.41, 5.74) is 5.20. The van der Waals surface area contributed by atoms with Crippen LogP contribution in [0.25, 0.3) is 6.08 Å². The molecule has 0 aliphatic carbocycles. The Bertz CT molecular complexity index is 2780. The van der Waals surface area contributed by atoms with Gasteiger partial charge in [0.15, 0.2) is 17.7 Å². The van der Waals surface area contributed by atoms with Crippen LogP contribution in [0.1, 0.15) is 95.8 Å². The molecule has 3 aliphatic rings. The van der Waals surface area contributed by atoms with E-state index in [1.54, 1.807) is 24.3 Å². The van der Waals surface area contributed by atoms with Crippen LogP contribution in [0.4, 0.5) is 0 Å². The standard InChI is InChI=1S/C52H74N8O22S.Na/c1-4-5-6-7-8-9-18-81-30-14-10-27(11-15-30)12-17-38(67)54-31-21-35(65)48(73)58-50(75)42-43(68)25(2)23-60(42)52(77)40(34(64)22-37(53)66)56-49(74)41(45(70)44(69)28-13-16-33(63)36(19-28)82-83(78,79)80)57-47(72)32-20-29(62)24-59(32)51(76)39(26(3)61)55-46(31)71;/h10-17,19,25-26,29,31-32,34-35,39-45,48,61-65,68-70,73H,4-9,18,20-24H2,1-3H3,(H2,53,66)(H,54,67)(H,55,71)(H,56,74)(H,57,72)(H,58,75)(H,78,79,80);/q;+1/p-1/b17-12+;/t25-,26+,29+,31+,32-,34+,35+,39?,40-,41-,42-,43-,44-,45-,48+;/m0./s1. The topological polar surface area (TPSA) is 487 Å². The number of rotatable bonds is 20. The number of carbonyl (C=O) groups is 8. The molecule has 0 bridgehead atoms. The molecule has 3 fully saturated rings. The van der Waals surface area contributed by atoms with Crippen LogP contribution in [0, 0.1) is 5.92 Å². The number of amides is 8. The Morgan fingerprint density at radius 2 is 1.43 bits per heavy atom. The number of ether oxygens (including phenoxy) is 1. The third-order valence-electron chi connectivity index (χ3n) is 14.1. The Kier molecular flexibility index (Phi) is 26.7. The molecule has 30 nitrogen and oxygen atoms in total. The molecule has 0 aromatic heterocycles. The Morgan fingerprint density at radius 3 is 2.06 bits per heavy atom. The molecule has 3 saturated heterocycles. The van der Waals surface area contributed by atoms with Gasteiger partial charge >= 0.3 is 29.6 Å². The first-order valence-corrected chi connectivity index (χ1v) is 28.1. The van der Waals surface area contributed by atoms with E-state index in [2.05, 4.69) is 27.1 Å². The minimum Gasteiger partial charge on any atom is -0.716 e. The third kappa shape index (κ3) is 19.5. The van der Waals surface area contributed by atoms with E-state index in [1.165, 1.54) is 13.0 Å². The summed E-state index contributed by atoms with van der Waals surface area (Å²) in [5.74, 6) is -13.4.